The van der Waals surface area contributed by atoms with Crippen LogP contribution in [0.3, 0.4) is 0 Å². The third-order valence-electron chi connectivity index (χ3n) is 4.92. The summed E-state index contributed by atoms with van der Waals surface area (Å²) < 4.78 is 3.80. The second-order valence-electron chi connectivity index (χ2n) is 7.07. The molecule has 0 saturated carbocycles. The SMILES string of the molecule is CN=C(NCc1cccc(-n2cccn2)c1)NC(C)Cc1c(C)nn(C)c1C.I. The standard InChI is InChI=1S/C21H29N7.HI/c1-15(12-20-16(2)26-27(5)17(20)3)25-21(22-4)23-14-18-8-6-9-19(13-18)28-11-7-10-24-28;/h6-11,13,15H,12,14H2,1-5H3,(H2,22,23,25);1H. The van der Waals surface area contributed by atoms with Gasteiger partial charge < -0.3 is 10.6 Å². The Morgan fingerprint density at radius 1 is 1.24 bits per heavy atom. The normalized spacial score (nSPS) is 12.4. The Bertz CT molecular complexity index is 944. The first-order chi connectivity index (χ1) is 13.5. The van der Waals surface area contributed by atoms with E-state index in [0.29, 0.717) is 6.54 Å². The summed E-state index contributed by atoms with van der Waals surface area (Å²) in [5, 5.41) is 15.7. The molecule has 1 unspecified atom stereocenters. The van der Waals surface area contributed by atoms with E-state index in [1.165, 1.54) is 16.8 Å². The van der Waals surface area contributed by atoms with E-state index in [1.54, 1.807) is 13.2 Å². The van der Waals surface area contributed by atoms with Crippen LogP contribution < -0.4 is 10.6 Å². The molecule has 156 valence electrons. The van der Waals surface area contributed by atoms with Crippen molar-refractivity contribution >= 4 is 29.9 Å². The van der Waals surface area contributed by atoms with Crippen molar-refractivity contribution in [2.24, 2.45) is 12.0 Å². The molecule has 3 rings (SSSR count). The number of nitrogens with one attached hydrogen (secondary N) is 2. The summed E-state index contributed by atoms with van der Waals surface area (Å²) in [6.07, 6.45) is 4.63. The van der Waals surface area contributed by atoms with Crippen LogP contribution in [0.15, 0.2) is 47.7 Å². The average Bonchev–Trinajstić information content (AvgIpc) is 3.30. The van der Waals surface area contributed by atoms with Gasteiger partial charge in [0.2, 0.25) is 0 Å². The average molecular weight is 507 g/mol. The number of guanidine groups is 1. The van der Waals surface area contributed by atoms with Crippen LogP contribution in [0.4, 0.5) is 0 Å². The zero-order valence-corrected chi connectivity index (χ0v) is 20.0. The van der Waals surface area contributed by atoms with Gasteiger partial charge in [0.1, 0.15) is 0 Å². The van der Waals surface area contributed by atoms with Crippen molar-refractivity contribution in [2.45, 2.75) is 39.8 Å². The van der Waals surface area contributed by atoms with Crippen LogP contribution in [-0.2, 0) is 20.0 Å². The Kier molecular flexibility index (Phi) is 8.24. The Labute approximate surface area is 189 Å². The van der Waals surface area contributed by atoms with Gasteiger partial charge in [0.05, 0.1) is 11.4 Å². The van der Waals surface area contributed by atoms with Crippen molar-refractivity contribution in [2.75, 3.05) is 7.05 Å². The number of rotatable bonds is 6. The number of hydrogen-bond acceptors (Lipinski definition) is 3. The van der Waals surface area contributed by atoms with Gasteiger partial charge in [-0.15, -0.1) is 24.0 Å². The van der Waals surface area contributed by atoms with Gasteiger partial charge in [0, 0.05) is 44.8 Å². The van der Waals surface area contributed by atoms with E-state index in [9.17, 15) is 0 Å². The van der Waals surface area contributed by atoms with Gasteiger partial charge in [0.25, 0.3) is 0 Å². The molecule has 2 N–H and O–H groups in total. The molecule has 2 heterocycles. The van der Waals surface area contributed by atoms with E-state index in [2.05, 4.69) is 58.7 Å². The Hall–Kier alpha value is -2.36. The van der Waals surface area contributed by atoms with E-state index in [0.717, 1.165) is 23.8 Å². The molecule has 0 radical (unpaired) electrons. The largest absolute Gasteiger partial charge is 0.354 e. The lowest BCUT2D eigenvalue weighted by Crippen LogP contribution is -2.42. The smallest absolute Gasteiger partial charge is 0.191 e. The van der Waals surface area contributed by atoms with Gasteiger partial charge in [-0.1, -0.05) is 12.1 Å². The minimum atomic E-state index is 0. The second-order valence-corrected chi connectivity index (χ2v) is 7.07. The zero-order valence-electron chi connectivity index (χ0n) is 17.7. The van der Waals surface area contributed by atoms with Crippen LogP contribution in [0.5, 0.6) is 0 Å². The quantitative estimate of drug-likeness (QED) is 0.306. The van der Waals surface area contributed by atoms with Gasteiger partial charge in [-0.2, -0.15) is 10.2 Å². The first kappa shape index (κ1) is 22.9. The van der Waals surface area contributed by atoms with Crippen molar-refractivity contribution < 1.29 is 0 Å². The van der Waals surface area contributed by atoms with Crippen LogP contribution in [0.25, 0.3) is 5.69 Å². The van der Waals surface area contributed by atoms with Crippen LogP contribution in [0.1, 0.15) is 29.4 Å². The molecule has 7 nitrogen and oxygen atoms in total. The first-order valence-electron chi connectivity index (χ1n) is 9.53. The van der Waals surface area contributed by atoms with Gasteiger partial charge in [-0.05, 0) is 56.5 Å². The summed E-state index contributed by atoms with van der Waals surface area (Å²) in [5.74, 6) is 0.788. The molecule has 0 aliphatic carbocycles. The van der Waals surface area contributed by atoms with Crippen LogP contribution >= 0.6 is 24.0 Å². The van der Waals surface area contributed by atoms with Crippen molar-refractivity contribution in [3.63, 3.8) is 0 Å². The van der Waals surface area contributed by atoms with E-state index in [4.69, 9.17) is 0 Å². The number of hydrogen-bond donors (Lipinski definition) is 2. The topological polar surface area (TPSA) is 72.1 Å². The van der Waals surface area contributed by atoms with Gasteiger partial charge in [-0.25, -0.2) is 4.68 Å². The third kappa shape index (κ3) is 5.81. The molecule has 29 heavy (non-hydrogen) atoms. The Balaban J connectivity index is 0.00000300. The number of halogens is 1. The number of aryl methyl sites for hydroxylation is 2. The Morgan fingerprint density at radius 3 is 2.66 bits per heavy atom. The fraction of sp³-hybridized carbons (Fsp3) is 0.381. The van der Waals surface area contributed by atoms with Crippen LogP contribution in [0, 0.1) is 13.8 Å². The van der Waals surface area contributed by atoms with Gasteiger partial charge in [0.15, 0.2) is 5.96 Å². The minimum Gasteiger partial charge on any atom is -0.354 e. The fourth-order valence-corrected chi connectivity index (χ4v) is 3.31. The molecular weight excluding hydrogens is 477 g/mol. The van der Waals surface area contributed by atoms with Crippen molar-refractivity contribution in [3.8, 4) is 5.69 Å². The van der Waals surface area contributed by atoms with Crippen LogP contribution in [-0.4, -0.2) is 38.6 Å². The fourth-order valence-electron chi connectivity index (χ4n) is 3.31. The lowest BCUT2D eigenvalue weighted by atomic mass is 10.1. The predicted molar refractivity (Wildman–Crippen MR) is 128 cm³/mol. The van der Waals surface area contributed by atoms with Crippen molar-refractivity contribution in [3.05, 3.63) is 65.2 Å². The molecule has 0 fully saturated rings. The summed E-state index contributed by atoms with van der Waals surface area (Å²) in [5.41, 5.74) is 5.81. The molecule has 8 heteroatoms. The Morgan fingerprint density at radius 2 is 2.03 bits per heavy atom. The summed E-state index contributed by atoms with van der Waals surface area (Å²) in [6, 6.07) is 10.5. The highest BCUT2D eigenvalue weighted by Gasteiger charge is 2.14. The van der Waals surface area contributed by atoms with Gasteiger partial charge >= 0.3 is 0 Å². The molecule has 0 spiro atoms. The first-order valence-corrected chi connectivity index (χ1v) is 9.53. The van der Waals surface area contributed by atoms with Gasteiger partial charge in [-0.3, -0.25) is 9.67 Å². The number of aliphatic imine (C=N–C) groups is 1. The summed E-state index contributed by atoms with van der Waals surface area (Å²) in [4.78, 5) is 4.36. The molecule has 0 amide bonds. The second kappa shape index (κ2) is 10.4. The molecule has 1 aromatic carbocycles. The van der Waals surface area contributed by atoms with E-state index >= 15 is 0 Å². The molecule has 0 bridgehead atoms. The molecule has 2 aromatic heterocycles. The lowest BCUT2D eigenvalue weighted by molar-refractivity contribution is 0.635. The molecule has 0 aliphatic rings. The predicted octanol–water partition coefficient (Wildman–Crippen LogP) is 3.14. The minimum absolute atomic E-state index is 0. The van der Waals surface area contributed by atoms with Crippen molar-refractivity contribution in [1.29, 1.82) is 0 Å². The third-order valence-corrected chi connectivity index (χ3v) is 4.92. The summed E-state index contributed by atoms with van der Waals surface area (Å²) in [7, 11) is 3.78. The maximum atomic E-state index is 4.50. The highest BCUT2D eigenvalue weighted by molar-refractivity contribution is 14.0. The number of nitrogens with zero attached hydrogens (tertiary/aromatic N) is 5. The maximum Gasteiger partial charge on any atom is 0.191 e. The van der Waals surface area contributed by atoms with E-state index in [1.807, 2.05) is 40.8 Å². The molecule has 0 aliphatic heterocycles. The summed E-state index contributed by atoms with van der Waals surface area (Å²) >= 11 is 0. The zero-order chi connectivity index (χ0) is 20.1. The highest BCUT2D eigenvalue weighted by atomic mass is 127. The summed E-state index contributed by atoms with van der Waals surface area (Å²) in [6.45, 7) is 7.03. The molecule has 0 saturated heterocycles. The molecular formula is C21H30IN7. The highest BCUT2D eigenvalue weighted by Crippen LogP contribution is 2.14. The van der Waals surface area contributed by atoms with E-state index < -0.39 is 0 Å². The number of aromatic nitrogens is 4. The monoisotopic (exact) mass is 507 g/mol. The molecule has 3 aromatic rings. The van der Waals surface area contributed by atoms with Crippen molar-refractivity contribution in [1.82, 2.24) is 30.2 Å². The molecule has 1 atom stereocenters. The maximum absolute atomic E-state index is 4.50. The lowest BCUT2D eigenvalue weighted by Gasteiger charge is -2.18. The van der Waals surface area contributed by atoms with E-state index in [-0.39, 0.29) is 30.0 Å². The number of benzene rings is 1. The van der Waals surface area contributed by atoms with Crippen LogP contribution in [0.2, 0.25) is 0 Å².